The number of halogens is 3. The standard InChI is InChI=1S/C14H18F3N3O2S/c1-10-2-3-11(23-10)9-18-13(22)20-6-4-19(5-7-20)12(21)8-14(15,16)17/h2-3H,4-9H2,1H3,(H,18,22). The number of nitrogens with one attached hydrogen (secondary N) is 1. The number of alkyl halides is 3. The van der Waals surface area contributed by atoms with Gasteiger partial charge in [-0.3, -0.25) is 4.79 Å². The van der Waals surface area contributed by atoms with Crippen molar-refractivity contribution in [1.82, 2.24) is 15.1 Å². The summed E-state index contributed by atoms with van der Waals surface area (Å²) in [6.45, 7) is 3.12. The summed E-state index contributed by atoms with van der Waals surface area (Å²) in [4.78, 5) is 28.4. The van der Waals surface area contributed by atoms with Crippen LogP contribution in [0.15, 0.2) is 12.1 Å². The Morgan fingerprint density at radius 1 is 1.17 bits per heavy atom. The lowest BCUT2D eigenvalue weighted by Crippen LogP contribution is -2.53. The van der Waals surface area contributed by atoms with Crippen LogP contribution in [0.2, 0.25) is 0 Å². The molecule has 1 saturated heterocycles. The van der Waals surface area contributed by atoms with E-state index in [4.69, 9.17) is 0 Å². The molecule has 0 aliphatic carbocycles. The highest BCUT2D eigenvalue weighted by atomic mass is 32.1. The largest absolute Gasteiger partial charge is 0.397 e. The molecule has 2 heterocycles. The van der Waals surface area contributed by atoms with Crippen molar-refractivity contribution in [3.05, 3.63) is 21.9 Å². The van der Waals surface area contributed by atoms with Crippen LogP contribution < -0.4 is 5.32 Å². The van der Waals surface area contributed by atoms with E-state index in [-0.39, 0.29) is 32.2 Å². The van der Waals surface area contributed by atoms with Gasteiger partial charge in [-0.2, -0.15) is 13.2 Å². The van der Waals surface area contributed by atoms with Gasteiger partial charge in [-0.1, -0.05) is 0 Å². The molecular weight excluding hydrogens is 331 g/mol. The molecule has 0 aromatic carbocycles. The highest BCUT2D eigenvalue weighted by molar-refractivity contribution is 7.11. The molecule has 1 aliphatic rings. The Bertz CT molecular complexity index is 566. The highest BCUT2D eigenvalue weighted by Gasteiger charge is 2.34. The quantitative estimate of drug-likeness (QED) is 0.911. The number of amides is 3. The van der Waals surface area contributed by atoms with Gasteiger partial charge in [0.1, 0.15) is 6.42 Å². The molecule has 1 aliphatic heterocycles. The van der Waals surface area contributed by atoms with Gasteiger partial charge in [-0.25, -0.2) is 4.79 Å². The maximum Gasteiger partial charge on any atom is 0.397 e. The first-order valence-corrected chi connectivity index (χ1v) is 7.99. The van der Waals surface area contributed by atoms with Crippen LogP contribution in [-0.2, 0) is 11.3 Å². The summed E-state index contributed by atoms with van der Waals surface area (Å²) in [5.41, 5.74) is 0. The van der Waals surface area contributed by atoms with Crippen molar-refractivity contribution in [3.8, 4) is 0 Å². The number of nitrogens with zero attached hydrogens (tertiary/aromatic N) is 2. The van der Waals surface area contributed by atoms with Gasteiger partial charge in [-0.05, 0) is 19.1 Å². The second kappa shape index (κ2) is 7.20. The zero-order valence-electron chi connectivity index (χ0n) is 12.7. The van der Waals surface area contributed by atoms with Crippen LogP contribution in [0, 0.1) is 6.92 Å². The predicted molar refractivity (Wildman–Crippen MR) is 80.1 cm³/mol. The molecule has 0 saturated carbocycles. The molecule has 2 rings (SSSR count). The van der Waals surface area contributed by atoms with E-state index in [1.165, 1.54) is 4.90 Å². The molecule has 1 aromatic heterocycles. The second-order valence-electron chi connectivity index (χ2n) is 5.33. The van der Waals surface area contributed by atoms with Crippen molar-refractivity contribution >= 4 is 23.3 Å². The van der Waals surface area contributed by atoms with Crippen molar-refractivity contribution < 1.29 is 22.8 Å². The third-order valence-corrected chi connectivity index (χ3v) is 4.48. The van der Waals surface area contributed by atoms with E-state index in [9.17, 15) is 22.8 Å². The van der Waals surface area contributed by atoms with Gasteiger partial charge in [0.25, 0.3) is 0 Å². The normalized spacial score (nSPS) is 15.7. The first kappa shape index (κ1) is 17.6. The Kier molecular flexibility index (Phi) is 5.51. The van der Waals surface area contributed by atoms with Gasteiger partial charge in [0, 0.05) is 35.9 Å². The number of carbonyl (C=O) groups excluding carboxylic acids is 2. The van der Waals surface area contributed by atoms with Crippen LogP contribution in [0.25, 0.3) is 0 Å². The van der Waals surface area contributed by atoms with E-state index in [0.29, 0.717) is 6.54 Å². The third-order valence-electron chi connectivity index (χ3n) is 3.48. The summed E-state index contributed by atoms with van der Waals surface area (Å²) in [6.07, 6.45) is -5.94. The van der Waals surface area contributed by atoms with Crippen LogP contribution in [0.5, 0.6) is 0 Å². The average Bonchev–Trinajstić information content (AvgIpc) is 2.89. The minimum Gasteiger partial charge on any atom is -0.339 e. The smallest absolute Gasteiger partial charge is 0.339 e. The number of thiophene rings is 1. The minimum absolute atomic E-state index is 0.125. The average molecular weight is 349 g/mol. The number of piperazine rings is 1. The van der Waals surface area contributed by atoms with E-state index in [1.807, 2.05) is 19.1 Å². The van der Waals surface area contributed by atoms with Gasteiger partial charge >= 0.3 is 12.2 Å². The lowest BCUT2D eigenvalue weighted by molar-refractivity contribution is -0.162. The molecule has 23 heavy (non-hydrogen) atoms. The molecule has 3 amide bonds. The molecule has 1 aromatic rings. The monoisotopic (exact) mass is 349 g/mol. The van der Waals surface area contributed by atoms with Gasteiger partial charge in [0.2, 0.25) is 5.91 Å². The SMILES string of the molecule is Cc1ccc(CNC(=O)N2CCN(C(=O)CC(F)(F)F)CC2)s1. The third kappa shape index (κ3) is 5.42. The highest BCUT2D eigenvalue weighted by Crippen LogP contribution is 2.21. The van der Waals surface area contributed by atoms with Crippen molar-refractivity contribution in [3.63, 3.8) is 0 Å². The van der Waals surface area contributed by atoms with Crippen molar-refractivity contribution in [2.45, 2.75) is 26.1 Å². The molecule has 0 radical (unpaired) electrons. The fourth-order valence-electron chi connectivity index (χ4n) is 2.30. The van der Waals surface area contributed by atoms with Gasteiger partial charge < -0.3 is 15.1 Å². The Morgan fingerprint density at radius 2 is 1.78 bits per heavy atom. The molecule has 0 spiro atoms. The molecule has 0 unspecified atom stereocenters. The van der Waals surface area contributed by atoms with Crippen molar-refractivity contribution in [2.24, 2.45) is 0 Å². The number of rotatable bonds is 3. The molecule has 0 bridgehead atoms. The van der Waals surface area contributed by atoms with E-state index >= 15 is 0 Å². The van der Waals surface area contributed by atoms with E-state index in [2.05, 4.69) is 5.32 Å². The predicted octanol–water partition coefficient (Wildman–Crippen LogP) is 2.36. The maximum atomic E-state index is 12.2. The lowest BCUT2D eigenvalue weighted by Gasteiger charge is -2.34. The summed E-state index contributed by atoms with van der Waals surface area (Å²) in [7, 11) is 0. The van der Waals surface area contributed by atoms with E-state index in [0.717, 1.165) is 14.7 Å². The van der Waals surface area contributed by atoms with E-state index in [1.54, 1.807) is 11.3 Å². The summed E-state index contributed by atoms with van der Waals surface area (Å²) in [5.74, 6) is -0.938. The Balaban J connectivity index is 1.75. The first-order valence-electron chi connectivity index (χ1n) is 7.17. The van der Waals surface area contributed by atoms with Crippen LogP contribution >= 0.6 is 11.3 Å². The molecule has 1 N–H and O–H groups in total. The molecule has 0 atom stereocenters. The molecule has 5 nitrogen and oxygen atoms in total. The lowest BCUT2D eigenvalue weighted by atomic mass is 10.3. The topological polar surface area (TPSA) is 52.7 Å². The van der Waals surface area contributed by atoms with Crippen LogP contribution in [0.1, 0.15) is 16.2 Å². The van der Waals surface area contributed by atoms with Gasteiger partial charge in [0.15, 0.2) is 0 Å². The first-order chi connectivity index (χ1) is 10.7. The zero-order valence-corrected chi connectivity index (χ0v) is 13.5. The summed E-state index contributed by atoms with van der Waals surface area (Å²) in [5, 5.41) is 2.78. The van der Waals surface area contributed by atoms with Crippen LogP contribution in [-0.4, -0.2) is 54.1 Å². The fraction of sp³-hybridized carbons (Fsp3) is 0.571. The number of aryl methyl sites for hydroxylation is 1. The summed E-state index contributed by atoms with van der Waals surface area (Å²) < 4.78 is 36.6. The van der Waals surface area contributed by atoms with Crippen LogP contribution in [0.4, 0.5) is 18.0 Å². The number of urea groups is 1. The Labute approximate surface area is 136 Å². The summed E-state index contributed by atoms with van der Waals surface area (Å²) >= 11 is 1.59. The summed E-state index contributed by atoms with van der Waals surface area (Å²) in [6, 6.07) is 3.64. The second-order valence-corrected chi connectivity index (χ2v) is 6.70. The van der Waals surface area contributed by atoms with Crippen LogP contribution in [0.3, 0.4) is 0 Å². The molecule has 1 fully saturated rings. The van der Waals surface area contributed by atoms with Crippen molar-refractivity contribution in [2.75, 3.05) is 26.2 Å². The van der Waals surface area contributed by atoms with Gasteiger partial charge in [-0.15, -0.1) is 11.3 Å². The number of hydrogen-bond acceptors (Lipinski definition) is 3. The number of carbonyl (C=O) groups is 2. The van der Waals surface area contributed by atoms with Gasteiger partial charge in [0.05, 0.1) is 6.54 Å². The molecule has 9 heteroatoms. The zero-order chi connectivity index (χ0) is 17.0. The Hall–Kier alpha value is -1.77. The fourth-order valence-corrected chi connectivity index (χ4v) is 3.13. The van der Waals surface area contributed by atoms with Crippen molar-refractivity contribution in [1.29, 1.82) is 0 Å². The minimum atomic E-state index is -4.50. The molecule has 128 valence electrons. The number of hydrogen-bond donors (Lipinski definition) is 1. The maximum absolute atomic E-state index is 12.2. The molecular formula is C14H18F3N3O2S. The Morgan fingerprint density at radius 3 is 2.30 bits per heavy atom. The van der Waals surface area contributed by atoms with E-state index < -0.39 is 18.5 Å².